The lowest BCUT2D eigenvalue weighted by molar-refractivity contribution is -0.140. The predicted molar refractivity (Wildman–Crippen MR) is 143 cm³/mol. The first-order valence-electron chi connectivity index (χ1n) is 11.8. The number of nitrogens with one attached hydrogen (secondary N) is 1. The SMILES string of the molecule is CC[C@H](C)NC(=O)[C@H](C)N(Cc1ccc(Cl)cc1)C(=O)CN(C)S(=O)(=O)c1ccc2ccccc2c1. The van der Waals surface area contributed by atoms with Gasteiger partial charge in [0.2, 0.25) is 21.8 Å². The second-order valence-corrected chi connectivity index (χ2v) is 11.4. The first-order valence-corrected chi connectivity index (χ1v) is 13.6. The van der Waals surface area contributed by atoms with E-state index in [4.69, 9.17) is 11.6 Å². The van der Waals surface area contributed by atoms with Crippen molar-refractivity contribution in [2.24, 2.45) is 0 Å². The summed E-state index contributed by atoms with van der Waals surface area (Å²) in [4.78, 5) is 27.8. The van der Waals surface area contributed by atoms with Gasteiger partial charge in [0, 0.05) is 24.7 Å². The van der Waals surface area contributed by atoms with Crippen LogP contribution in [0.25, 0.3) is 10.8 Å². The van der Waals surface area contributed by atoms with E-state index in [2.05, 4.69) is 5.32 Å². The van der Waals surface area contributed by atoms with Gasteiger partial charge < -0.3 is 10.2 Å². The summed E-state index contributed by atoms with van der Waals surface area (Å²) >= 11 is 5.99. The molecule has 0 aliphatic carbocycles. The summed E-state index contributed by atoms with van der Waals surface area (Å²) in [5.74, 6) is -0.782. The first-order chi connectivity index (χ1) is 17.0. The molecule has 3 aromatic rings. The van der Waals surface area contributed by atoms with E-state index in [9.17, 15) is 18.0 Å². The van der Waals surface area contributed by atoms with Crippen molar-refractivity contribution < 1.29 is 18.0 Å². The summed E-state index contributed by atoms with van der Waals surface area (Å²) in [6.45, 7) is 5.21. The van der Waals surface area contributed by atoms with E-state index in [-0.39, 0.29) is 23.4 Å². The molecule has 0 fully saturated rings. The van der Waals surface area contributed by atoms with Gasteiger partial charge in [-0.3, -0.25) is 9.59 Å². The summed E-state index contributed by atoms with van der Waals surface area (Å²) in [5, 5.41) is 5.17. The average molecular weight is 530 g/mol. The number of amides is 2. The normalized spacial score (nSPS) is 13.4. The molecule has 3 aromatic carbocycles. The second-order valence-electron chi connectivity index (χ2n) is 8.91. The molecule has 0 spiro atoms. The van der Waals surface area contributed by atoms with Crippen LogP contribution in [0, 0.1) is 0 Å². The number of nitrogens with zero attached hydrogens (tertiary/aromatic N) is 2. The van der Waals surface area contributed by atoms with Gasteiger partial charge in [-0.25, -0.2) is 8.42 Å². The van der Waals surface area contributed by atoms with Crippen molar-refractivity contribution in [3.63, 3.8) is 0 Å². The van der Waals surface area contributed by atoms with Crippen LogP contribution >= 0.6 is 11.6 Å². The maximum Gasteiger partial charge on any atom is 0.243 e. The standard InChI is InChI=1S/C27H32ClN3O4S/c1-5-19(2)29-27(33)20(3)31(17-21-10-13-24(28)14-11-21)26(32)18-30(4)36(34,35)25-15-12-22-8-6-7-9-23(22)16-25/h6-16,19-20H,5,17-18H2,1-4H3,(H,29,33)/t19-,20-/m0/s1. The molecule has 0 radical (unpaired) electrons. The number of rotatable bonds is 10. The maximum absolute atomic E-state index is 13.4. The molecule has 0 aromatic heterocycles. The van der Waals surface area contributed by atoms with Gasteiger partial charge in [-0.05, 0) is 60.9 Å². The lowest BCUT2D eigenvalue weighted by atomic mass is 10.1. The van der Waals surface area contributed by atoms with Gasteiger partial charge in [0.15, 0.2) is 0 Å². The van der Waals surface area contributed by atoms with Crippen LogP contribution in [0.4, 0.5) is 0 Å². The highest BCUT2D eigenvalue weighted by Crippen LogP contribution is 2.22. The predicted octanol–water partition coefficient (Wildman–Crippen LogP) is 4.45. The number of benzene rings is 3. The molecule has 9 heteroatoms. The van der Waals surface area contributed by atoms with Crippen LogP contribution in [0.15, 0.2) is 71.6 Å². The van der Waals surface area contributed by atoms with E-state index in [0.29, 0.717) is 5.02 Å². The van der Waals surface area contributed by atoms with Crippen LogP contribution in [0.5, 0.6) is 0 Å². The molecule has 0 bridgehead atoms. The minimum Gasteiger partial charge on any atom is -0.352 e. The van der Waals surface area contributed by atoms with Crippen LogP contribution in [0.3, 0.4) is 0 Å². The van der Waals surface area contributed by atoms with Crippen molar-refractivity contribution in [3.8, 4) is 0 Å². The molecule has 2 amide bonds. The summed E-state index contributed by atoms with van der Waals surface area (Å²) in [6.07, 6.45) is 0.746. The van der Waals surface area contributed by atoms with Crippen molar-refractivity contribution >= 4 is 44.2 Å². The Bertz CT molecular complexity index is 1330. The highest BCUT2D eigenvalue weighted by atomic mass is 35.5. The number of carbonyl (C=O) groups excluding carboxylic acids is 2. The second kappa shape index (κ2) is 11.9. The molecule has 7 nitrogen and oxygen atoms in total. The lowest BCUT2D eigenvalue weighted by Crippen LogP contribution is -2.51. The molecule has 0 saturated heterocycles. The highest BCUT2D eigenvalue weighted by molar-refractivity contribution is 7.89. The third-order valence-electron chi connectivity index (χ3n) is 6.22. The molecule has 36 heavy (non-hydrogen) atoms. The Balaban J connectivity index is 1.84. The Labute approximate surface area is 218 Å². The molecule has 2 atom stereocenters. The first kappa shape index (κ1) is 27.6. The fourth-order valence-electron chi connectivity index (χ4n) is 3.71. The van der Waals surface area contributed by atoms with Gasteiger partial charge in [0.25, 0.3) is 0 Å². The Morgan fingerprint density at radius 1 is 0.972 bits per heavy atom. The topological polar surface area (TPSA) is 86.8 Å². The number of likely N-dealkylation sites (N-methyl/N-ethyl adjacent to an activating group) is 1. The molecule has 1 N–H and O–H groups in total. The van der Waals surface area contributed by atoms with E-state index >= 15 is 0 Å². The van der Waals surface area contributed by atoms with E-state index in [1.165, 1.54) is 18.0 Å². The van der Waals surface area contributed by atoms with Crippen LogP contribution < -0.4 is 5.32 Å². The summed E-state index contributed by atoms with van der Waals surface area (Å²) in [7, 11) is -2.57. The molecule has 192 valence electrons. The monoisotopic (exact) mass is 529 g/mol. The van der Waals surface area contributed by atoms with E-state index < -0.39 is 28.5 Å². The van der Waals surface area contributed by atoms with Crippen LogP contribution in [0.2, 0.25) is 5.02 Å². The van der Waals surface area contributed by atoms with Gasteiger partial charge >= 0.3 is 0 Å². The summed E-state index contributed by atoms with van der Waals surface area (Å²) in [5.41, 5.74) is 0.774. The Morgan fingerprint density at radius 3 is 2.25 bits per heavy atom. The summed E-state index contributed by atoms with van der Waals surface area (Å²) < 4.78 is 27.6. The van der Waals surface area contributed by atoms with Crippen molar-refractivity contribution in [1.82, 2.24) is 14.5 Å². The number of fused-ring (bicyclic) bond motifs is 1. The van der Waals surface area contributed by atoms with Crippen molar-refractivity contribution in [3.05, 3.63) is 77.3 Å². The van der Waals surface area contributed by atoms with Gasteiger partial charge in [0.05, 0.1) is 11.4 Å². The number of carbonyl (C=O) groups is 2. The zero-order valence-corrected chi connectivity index (χ0v) is 22.5. The Kier molecular flexibility index (Phi) is 9.11. The van der Waals surface area contributed by atoms with E-state index in [0.717, 1.165) is 27.1 Å². The molecule has 0 unspecified atom stereocenters. The number of sulfonamides is 1. The molecule has 0 aliphatic rings. The number of hydrogen-bond acceptors (Lipinski definition) is 4. The van der Waals surface area contributed by atoms with E-state index in [1.807, 2.05) is 38.1 Å². The molecular weight excluding hydrogens is 498 g/mol. The quantitative estimate of drug-likeness (QED) is 0.420. The molecule has 0 aliphatic heterocycles. The van der Waals surface area contributed by atoms with Crippen molar-refractivity contribution in [2.45, 2.75) is 50.7 Å². The molecule has 0 saturated carbocycles. The smallest absolute Gasteiger partial charge is 0.243 e. The van der Waals surface area contributed by atoms with Gasteiger partial charge in [-0.15, -0.1) is 0 Å². The van der Waals surface area contributed by atoms with Gasteiger partial charge in [-0.2, -0.15) is 4.31 Å². The minimum atomic E-state index is -3.94. The zero-order valence-electron chi connectivity index (χ0n) is 20.9. The fraction of sp³-hybridized carbons (Fsp3) is 0.333. The van der Waals surface area contributed by atoms with Crippen LogP contribution in [-0.2, 0) is 26.2 Å². The minimum absolute atomic E-state index is 0.0524. The number of halogens is 1. The number of hydrogen-bond donors (Lipinski definition) is 1. The third-order valence-corrected chi connectivity index (χ3v) is 8.27. The van der Waals surface area contributed by atoms with Gasteiger partial charge in [0.1, 0.15) is 6.04 Å². The van der Waals surface area contributed by atoms with E-state index in [1.54, 1.807) is 43.3 Å². The third kappa shape index (κ3) is 6.63. The Morgan fingerprint density at radius 2 is 1.61 bits per heavy atom. The Hall–Kier alpha value is -2.94. The fourth-order valence-corrected chi connectivity index (χ4v) is 4.99. The lowest BCUT2D eigenvalue weighted by Gasteiger charge is -2.31. The van der Waals surface area contributed by atoms with Crippen LogP contribution in [0.1, 0.15) is 32.8 Å². The molecule has 0 heterocycles. The average Bonchev–Trinajstić information content (AvgIpc) is 2.87. The van der Waals surface area contributed by atoms with Crippen LogP contribution in [-0.4, -0.2) is 55.1 Å². The van der Waals surface area contributed by atoms with Crippen molar-refractivity contribution in [2.75, 3.05) is 13.6 Å². The molecular formula is C27H32ClN3O4S. The zero-order chi connectivity index (χ0) is 26.5. The maximum atomic E-state index is 13.4. The molecule has 3 rings (SSSR count). The van der Waals surface area contributed by atoms with Crippen molar-refractivity contribution in [1.29, 1.82) is 0 Å². The largest absolute Gasteiger partial charge is 0.352 e. The highest BCUT2D eigenvalue weighted by Gasteiger charge is 2.30. The van der Waals surface area contributed by atoms with Gasteiger partial charge in [-0.1, -0.05) is 61.0 Å². The summed E-state index contributed by atoms with van der Waals surface area (Å²) in [6, 6.07) is 18.4.